The number of nitrogens with one attached hydrogen (secondary N) is 2. The van der Waals surface area contributed by atoms with Crippen LogP contribution in [0, 0.1) is 6.92 Å². The summed E-state index contributed by atoms with van der Waals surface area (Å²) in [5.74, 6) is 0.125. The van der Waals surface area contributed by atoms with Gasteiger partial charge in [0.1, 0.15) is 0 Å². The smallest absolute Gasteiger partial charge is 0.220 e. The van der Waals surface area contributed by atoms with Gasteiger partial charge in [-0.15, -0.1) is 0 Å². The fourth-order valence-corrected chi connectivity index (χ4v) is 4.29. The molecule has 0 saturated carbocycles. The first-order chi connectivity index (χ1) is 18.3. The fraction of sp³-hybridized carbons (Fsp3) is 0.469. The van der Waals surface area contributed by atoms with E-state index in [0.29, 0.717) is 12.8 Å². The lowest BCUT2D eigenvalue weighted by Gasteiger charge is -2.15. The van der Waals surface area contributed by atoms with Crippen molar-refractivity contribution in [1.82, 2.24) is 10.3 Å². The van der Waals surface area contributed by atoms with Crippen LogP contribution < -0.4 is 11.1 Å². The molecule has 0 saturated heterocycles. The summed E-state index contributed by atoms with van der Waals surface area (Å²) < 4.78 is 0. The Balaban J connectivity index is 0.000000501. The minimum absolute atomic E-state index is 0.00296. The van der Waals surface area contributed by atoms with Crippen LogP contribution in [0.1, 0.15) is 93.6 Å². The first kappa shape index (κ1) is 32.8. The number of carbonyl (C=O) groups is 3. The molecule has 0 spiro atoms. The topological polar surface area (TPSA) is 105 Å². The number of hydrogen-bond acceptors (Lipinski definition) is 4. The number of benzene rings is 2. The number of fused-ring (bicyclic) bond motifs is 1. The second-order valence-electron chi connectivity index (χ2n) is 9.54. The average Bonchev–Trinajstić information content (AvgIpc) is 3.32. The SMILES string of the molecule is CC(=O)c1ccccc1C.CCCCCCCCCC(=O)NC(Cc1c[nH]c2ccccc12)C(C)=O.CN. The molecule has 6 nitrogen and oxygen atoms in total. The first-order valence-corrected chi connectivity index (χ1v) is 13.8. The Kier molecular flexibility index (Phi) is 16.3. The van der Waals surface area contributed by atoms with Gasteiger partial charge in [0.2, 0.25) is 5.91 Å². The summed E-state index contributed by atoms with van der Waals surface area (Å²) in [5, 5.41) is 4.04. The molecule has 0 aliphatic carbocycles. The van der Waals surface area contributed by atoms with Gasteiger partial charge in [-0.1, -0.05) is 87.9 Å². The number of ketones is 2. The maximum Gasteiger partial charge on any atom is 0.220 e. The van der Waals surface area contributed by atoms with Gasteiger partial charge in [0.25, 0.3) is 0 Å². The molecule has 6 heteroatoms. The highest BCUT2D eigenvalue weighted by molar-refractivity contribution is 5.95. The second-order valence-corrected chi connectivity index (χ2v) is 9.54. The van der Waals surface area contributed by atoms with E-state index in [-0.39, 0.29) is 17.5 Å². The summed E-state index contributed by atoms with van der Waals surface area (Å²) in [6.07, 6.45) is 11.3. The van der Waals surface area contributed by atoms with Gasteiger partial charge in [-0.25, -0.2) is 0 Å². The molecule has 3 rings (SSSR count). The Hall–Kier alpha value is -3.25. The van der Waals surface area contributed by atoms with E-state index in [0.717, 1.165) is 40.4 Å². The predicted molar refractivity (Wildman–Crippen MR) is 159 cm³/mol. The van der Waals surface area contributed by atoms with Crippen molar-refractivity contribution < 1.29 is 14.4 Å². The van der Waals surface area contributed by atoms with E-state index in [1.54, 1.807) is 13.8 Å². The number of hydrogen-bond donors (Lipinski definition) is 3. The second kappa shape index (κ2) is 18.9. The Labute approximate surface area is 228 Å². The van der Waals surface area contributed by atoms with Gasteiger partial charge in [0.15, 0.2) is 11.6 Å². The molecule has 3 aromatic rings. The molecular formula is C32H47N3O3. The van der Waals surface area contributed by atoms with Crippen LogP contribution >= 0.6 is 0 Å². The number of aryl methyl sites for hydroxylation is 1. The lowest BCUT2D eigenvalue weighted by Crippen LogP contribution is -2.41. The zero-order chi connectivity index (χ0) is 28.3. The van der Waals surface area contributed by atoms with Crippen LogP contribution in [-0.4, -0.2) is 35.5 Å². The summed E-state index contributed by atoms with van der Waals surface area (Å²) in [6, 6.07) is 15.2. The number of aromatic nitrogens is 1. The molecular weight excluding hydrogens is 474 g/mol. The summed E-state index contributed by atoms with van der Waals surface area (Å²) in [7, 11) is 1.50. The van der Waals surface area contributed by atoms with Crippen molar-refractivity contribution in [2.75, 3.05) is 7.05 Å². The van der Waals surface area contributed by atoms with Crippen molar-refractivity contribution in [3.8, 4) is 0 Å². The summed E-state index contributed by atoms with van der Waals surface area (Å²) in [6.45, 7) is 7.29. The van der Waals surface area contributed by atoms with E-state index in [1.165, 1.54) is 39.2 Å². The Bertz CT molecular complexity index is 1120. The van der Waals surface area contributed by atoms with Gasteiger partial charge >= 0.3 is 0 Å². The summed E-state index contributed by atoms with van der Waals surface area (Å²) in [4.78, 5) is 38.3. The van der Waals surface area contributed by atoms with E-state index >= 15 is 0 Å². The third-order valence-corrected chi connectivity index (χ3v) is 6.46. The molecule has 1 amide bonds. The molecule has 4 N–H and O–H groups in total. The molecule has 38 heavy (non-hydrogen) atoms. The third-order valence-electron chi connectivity index (χ3n) is 6.46. The van der Waals surface area contributed by atoms with Gasteiger partial charge in [0.05, 0.1) is 6.04 Å². The van der Waals surface area contributed by atoms with Crippen molar-refractivity contribution in [3.63, 3.8) is 0 Å². The van der Waals surface area contributed by atoms with E-state index in [2.05, 4.69) is 23.0 Å². The van der Waals surface area contributed by atoms with Gasteiger partial charge in [-0.3, -0.25) is 14.4 Å². The molecule has 2 aromatic carbocycles. The lowest BCUT2D eigenvalue weighted by atomic mass is 10.0. The molecule has 0 fully saturated rings. The number of aromatic amines is 1. The number of unbranched alkanes of at least 4 members (excludes halogenated alkanes) is 6. The monoisotopic (exact) mass is 521 g/mol. The molecule has 1 heterocycles. The van der Waals surface area contributed by atoms with Crippen LogP contribution in [0.15, 0.2) is 54.7 Å². The minimum atomic E-state index is -0.453. The lowest BCUT2D eigenvalue weighted by molar-refractivity contribution is -0.126. The molecule has 1 unspecified atom stereocenters. The highest BCUT2D eigenvalue weighted by Gasteiger charge is 2.19. The first-order valence-electron chi connectivity index (χ1n) is 13.8. The molecule has 0 aliphatic rings. The van der Waals surface area contributed by atoms with Gasteiger partial charge in [-0.2, -0.15) is 0 Å². The Morgan fingerprint density at radius 3 is 2.08 bits per heavy atom. The molecule has 0 radical (unpaired) electrons. The van der Waals surface area contributed by atoms with E-state index in [1.807, 2.05) is 61.7 Å². The normalized spacial score (nSPS) is 11.0. The zero-order valence-corrected chi connectivity index (χ0v) is 23.9. The van der Waals surface area contributed by atoms with Crippen LogP contribution in [0.3, 0.4) is 0 Å². The highest BCUT2D eigenvalue weighted by atomic mass is 16.2. The average molecular weight is 522 g/mol. The van der Waals surface area contributed by atoms with Gasteiger partial charge in [-0.05, 0) is 51.4 Å². The molecule has 208 valence electrons. The fourth-order valence-electron chi connectivity index (χ4n) is 4.29. The van der Waals surface area contributed by atoms with Crippen molar-refractivity contribution in [2.45, 2.75) is 91.5 Å². The van der Waals surface area contributed by atoms with Crippen molar-refractivity contribution in [2.24, 2.45) is 5.73 Å². The third kappa shape index (κ3) is 11.9. The predicted octanol–water partition coefficient (Wildman–Crippen LogP) is 6.70. The maximum atomic E-state index is 12.2. The van der Waals surface area contributed by atoms with Crippen molar-refractivity contribution in [3.05, 3.63) is 71.4 Å². The Morgan fingerprint density at radius 2 is 1.47 bits per heavy atom. The number of amides is 1. The van der Waals surface area contributed by atoms with Crippen LogP contribution in [0.2, 0.25) is 0 Å². The van der Waals surface area contributed by atoms with Crippen LogP contribution in [0.25, 0.3) is 10.9 Å². The highest BCUT2D eigenvalue weighted by Crippen LogP contribution is 2.19. The summed E-state index contributed by atoms with van der Waals surface area (Å²) >= 11 is 0. The molecule has 0 aliphatic heterocycles. The van der Waals surface area contributed by atoms with Crippen LogP contribution in [0.5, 0.6) is 0 Å². The quantitative estimate of drug-likeness (QED) is 0.172. The number of H-pyrrole nitrogens is 1. The maximum absolute atomic E-state index is 12.2. The summed E-state index contributed by atoms with van der Waals surface area (Å²) in [5.41, 5.74) is 8.49. The molecule has 1 aromatic heterocycles. The van der Waals surface area contributed by atoms with Crippen molar-refractivity contribution >= 4 is 28.4 Å². The van der Waals surface area contributed by atoms with E-state index in [9.17, 15) is 14.4 Å². The standard InChI is InChI=1S/C22H32N2O2.C9H10O.CH5N/c1-3-4-5-6-7-8-9-14-22(26)24-21(17(2)25)15-18-16-23-20-13-11-10-12-19(18)20;1-7-5-3-4-6-9(7)8(2)10;1-2/h10-13,16,21,23H,3-9,14-15H2,1-2H3,(H,24,26);3-6H,1-2H3;2H2,1H3. The number of Topliss-reactive ketones (excluding diaryl/α,β-unsaturated/α-hetero) is 2. The van der Waals surface area contributed by atoms with E-state index in [4.69, 9.17) is 0 Å². The number of nitrogens with two attached hydrogens (primary N) is 1. The van der Waals surface area contributed by atoms with Crippen molar-refractivity contribution in [1.29, 1.82) is 0 Å². The minimum Gasteiger partial charge on any atom is -0.361 e. The zero-order valence-electron chi connectivity index (χ0n) is 23.9. The van der Waals surface area contributed by atoms with Crippen LogP contribution in [0.4, 0.5) is 0 Å². The number of carbonyl (C=O) groups excluding carboxylic acids is 3. The van der Waals surface area contributed by atoms with Crippen LogP contribution in [-0.2, 0) is 16.0 Å². The molecule has 0 bridgehead atoms. The van der Waals surface area contributed by atoms with E-state index < -0.39 is 6.04 Å². The number of rotatable bonds is 13. The Morgan fingerprint density at radius 1 is 0.868 bits per heavy atom. The number of para-hydroxylation sites is 1. The van der Waals surface area contributed by atoms with Gasteiger partial charge in [0, 0.05) is 35.5 Å². The van der Waals surface area contributed by atoms with Gasteiger partial charge < -0.3 is 16.0 Å². The molecule has 1 atom stereocenters. The largest absolute Gasteiger partial charge is 0.361 e.